The molecule has 0 saturated carbocycles. The number of nitrogens with one attached hydrogen (secondary N) is 1. The molecule has 1 aliphatic heterocycles. The van der Waals surface area contributed by atoms with E-state index < -0.39 is 0 Å². The molecule has 1 aliphatic rings. The average Bonchev–Trinajstić information content (AvgIpc) is 2.91. The van der Waals surface area contributed by atoms with Crippen LogP contribution in [0.1, 0.15) is 18.5 Å². The van der Waals surface area contributed by atoms with Crippen LogP contribution >= 0.6 is 0 Å². The molecule has 102 valence electrons. The van der Waals surface area contributed by atoms with Gasteiger partial charge in [-0.2, -0.15) is 0 Å². The van der Waals surface area contributed by atoms with E-state index in [1.54, 1.807) is 0 Å². The fraction of sp³-hybridized carbons (Fsp3) is 0.250. The van der Waals surface area contributed by atoms with E-state index in [1.165, 1.54) is 24.6 Å². The second kappa shape index (κ2) is 5.33. The SMILES string of the molecule is C=CC(=O)Nc1ccccc1-c1ncc2n1CCCC2. The summed E-state index contributed by atoms with van der Waals surface area (Å²) < 4.78 is 2.25. The van der Waals surface area contributed by atoms with Crippen molar-refractivity contribution in [1.82, 2.24) is 9.55 Å². The lowest BCUT2D eigenvalue weighted by atomic mass is 10.1. The maximum Gasteiger partial charge on any atom is 0.247 e. The molecule has 1 amide bonds. The first kappa shape index (κ1) is 12.7. The van der Waals surface area contributed by atoms with Crippen LogP contribution in [0.4, 0.5) is 5.69 Å². The highest BCUT2D eigenvalue weighted by atomic mass is 16.1. The number of fused-ring (bicyclic) bond motifs is 1. The fourth-order valence-corrected chi connectivity index (χ4v) is 2.62. The molecule has 3 rings (SSSR count). The number of aromatic nitrogens is 2. The maximum atomic E-state index is 11.5. The highest BCUT2D eigenvalue weighted by Crippen LogP contribution is 2.30. The van der Waals surface area contributed by atoms with Crippen LogP contribution in [0.3, 0.4) is 0 Å². The summed E-state index contributed by atoms with van der Waals surface area (Å²) >= 11 is 0. The standard InChI is InChI=1S/C16H17N3O/c1-2-15(20)18-14-9-4-3-8-13(14)16-17-11-12-7-5-6-10-19(12)16/h2-4,8-9,11H,1,5-7,10H2,(H,18,20). The zero-order chi connectivity index (χ0) is 13.9. The number of aryl methyl sites for hydroxylation is 1. The van der Waals surface area contributed by atoms with Gasteiger partial charge in [0.25, 0.3) is 0 Å². The largest absolute Gasteiger partial charge is 0.328 e. The number of anilines is 1. The summed E-state index contributed by atoms with van der Waals surface area (Å²) in [6, 6.07) is 7.75. The van der Waals surface area contributed by atoms with Gasteiger partial charge in [-0.05, 0) is 37.5 Å². The molecular formula is C16H17N3O. The van der Waals surface area contributed by atoms with Crippen LogP contribution in [-0.2, 0) is 17.8 Å². The van der Waals surface area contributed by atoms with Crippen LogP contribution in [0.25, 0.3) is 11.4 Å². The summed E-state index contributed by atoms with van der Waals surface area (Å²) in [5, 5.41) is 2.84. The number of hydrogen-bond acceptors (Lipinski definition) is 2. The van der Waals surface area contributed by atoms with Gasteiger partial charge in [0, 0.05) is 24.0 Å². The Hall–Kier alpha value is -2.36. The molecular weight excluding hydrogens is 250 g/mol. The van der Waals surface area contributed by atoms with Gasteiger partial charge in [-0.15, -0.1) is 0 Å². The van der Waals surface area contributed by atoms with Crippen molar-refractivity contribution < 1.29 is 4.79 Å². The Labute approximate surface area is 118 Å². The average molecular weight is 267 g/mol. The van der Waals surface area contributed by atoms with Crippen molar-refractivity contribution in [3.63, 3.8) is 0 Å². The van der Waals surface area contributed by atoms with Crippen LogP contribution < -0.4 is 5.32 Å². The van der Waals surface area contributed by atoms with Crippen LogP contribution in [0.2, 0.25) is 0 Å². The number of benzene rings is 1. The topological polar surface area (TPSA) is 46.9 Å². The minimum atomic E-state index is -0.206. The minimum absolute atomic E-state index is 0.206. The van der Waals surface area contributed by atoms with E-state index >= 15 is 0 Å². The summed E-state index contributed by atoms with van der Waals surface area (Å²) in [5.41, 5.74) is 3.00. The summed E-state index contributed by atoms with van der Waals surface area (Å²) in [5.74, 6) is 0.725. The molecule has 0 bridgehead atoms. The minimum Gasteiger partial charge on any atom is -0.328 e. The van der Waals surface area contributed by atoms with Gasteiger partial charge >= 0.3 is 0 Å². The molecule has 4 heteroatoms. The van der Waals surface area contributed by atoms with Gasteiger partial charge in [0.2, 0.25) is 5.91 Å². The first-order valence-corrected chi connectivity index (χ1v) is 6.87. The van der Waals surface area contributed by atoms with Crippen molar-refractivity contribution in [2.45, 2.75) is 25.8 Å². The lowest BCUT2D eigenvalue weighted by molar-refractivity contribution is -0.111. The van der Waals surface area contributed by atoms with Gasteiger partial charge in [-0.25, -0.2) is 4.98 Å². The molecule has 0 fully saturated rings. The lowest BCUT2D eigenvalue weighted by Crippen LogP contribution is -2.12. The van der Waals surface area contributed by atoms with Crippen molar-refractivity contribution in [3.8, 4) is 11.4 Å². The third kappa shape index (κ3) is 2.25. The van der Waals surface area contributed by atoms with Gasteiger partial charge in [0.15, 0.2) is 0 Å². The van der Waals surface area contributed by atoms with Gasteiger partial charge in [0.1, 0.15) is 5.82 Å². The molecule has 1 N–H and O–H groups in total. The van der Waals surface area contributed by atoms with Crippen LogP contribution in [0.5, 0.6) is 0 Å². The predicted molar refractivity (Wildman–Crippen MR) is 79.4 cm³/mol. The van der Waals surface area contributed by atoms with Crippen molar-refractivity contribution in [3.05, 3.63) is 48.8 Å². The molecule has 2 aromatic rings. The van der Waals surface area contributed by atoms with Crippen molar-refractivity contribution in [2.75, 3.05) is 5.32 Å². The Balaban J connectivity index is 2.04. The number of para-hydroxylation sites is 1. The summed E-state index contributed by atoms with van der Waals surface area (Å²) in [7, 11) is 0. The van der Waals surface area contributed by atoms with E-state index in [9.17, 15) is 4.79 Å². The molecule has 0 saturated heterocycles. The van der Waals surface area contributed by atoms with Gasteiger partial charge in [-0.3, -0.25) is 4.79 Å². The highest BCUT2D eigenvalue weighted by molar-refractivity contribution is 6.01. The zero-order valence-corrected chi connectivity index (χ0v) is 11.3. The van der Waals surface area contributed by atoms with Crippen LogP contribution in [-0.4, -0.2) is 15.5 Å². The Morgan fingerprint density at radius 3 is 3.05 bits per heavy atom. The molecule has 4 nitrogen and oxygen atoms in total. The van der Waals surface area contributed by atoms with E-state index in [1.807, 2.05) is 30.5 Å². The predicted octanol–water partition coefficient (Wildman–Crippen LogP) is 3.01. The molecule has 2 heterocycles. The Morgan fingerprint density at radius 1 is 1.35 bits per heavy atom. The first-order chi connectivity index (χ1) is 9.79. The summed E-state index contributed by atoms with van der Waals surface area (Å²) in [4.78, 5) is 16.1. The Kier molecular flexibility index (Phi) is 3.37. The Morgan fingerprint density at radius 2 is 2.20 bits per heavy atom. The van der Waals surface area contributed by atoms with E-state index in [2.05, 4.69) is 21.4 Å². The Bertz CT molecular complexity index is 657. The number of carbonyl (C=O) groups is 1. The number of nitrogens with zero attached hydrogens (tertiary/aromatic N) is 2. The van der Waals surface area contributed by atoms with Crippen molar-refractivity contribution >= 4 is 11.6 Å². The molecule has 1 aromatic carbocycles. The molecule has 0 aliphatic carbocycles. The van der Waals surface area contributed by atoms with Gasteiger partial charge in [-0.1, -0.05) is 18.7 Å². The second-order valence-corrected chi connectivity index (χ2v) is 4.92. The number of hydrogen-bond donors (Lipinski definition) is 1. The fourth-order valence-electron chi connectivity index (χ4n) is 2.62. The third-order valence-electron chi connectivity index (χ3n) is 3.61. The lowest BCUT2D eigenvalue weighted by Gasteiger charge is -2.18. The highest BCUT2D eigenvalue weighted by Gasteiger charge is 2.17. The molecule has 1 aromatic heterocycles. The van der Waals surface area contributed by atoms with Crippen molar-refractivity contribution in [2.24, 2.45) is 0 Å². The van der Waals surface area contributed by atoms with E-state index in [0.29, 0.717) is 0 Å². The number of imidazole rings is 1. The van der Waals surface area contributed by atoms with E-state index in [0.717, 1.165) is 30.0 Å². The van der Waals surface area contributed by atoms with E-state index in [4.69, 9.17) is 0 Å². The first-order valence-electron chi connectivity index (χ1n) is 6.87. The maximum absolute atomic E-state index is 11.5. The number of carbonyl (C=O) groups excluding carboxylic acids is 1. The smallest absolute Gasteiger partial charge is 0.247 e. The number of rotatable bonds is 3. The van der Waals surface area contributed by atoms with E-state index in [-0.39, 0.29) is 5.91 Å². The molecule has 0 radical (unpaired) electrons. The second-order valence-electron chi connectivity index (χ2n) is 4.92. The zero-order valence-electron chi connectivity index (χ0n) is 11.3. The molecule has 20 heavy (non-hydrogen) atoms. The summed E-state index contributed by atoms with van der Waals surface area (Å²) in [6.07, 6.45) is 6.70. The van der Waals surface area contributed by atoms with Crippen LogP contribution in [0.15, 0.2) is 43.1 Å². The quantitative estimate of drug-likeness (QED) is 0.869. The summed E-state index contributed by atoms with van der Waals surface area (Å²) in [6.45, 7) is 4.48. The van der Waals surface area contributed by atoms with Gasteiger partial charge in [0.05, 0.1) is 5.69 Å². The molecule has 0 atom stereocenters. The van der Waals surface area contributed by atoms with Crippen LogP contribution in [0, 0.1) is 0 Å². The number of amides is 1. The molecule has 0 spiro atoms. The van der Waals surface area contributed by atoms with Crippen molar-refractivity contribution in [1.29, 1.82) is 0 Å². The molecule has 0 unspecified atom stereocenters. The normalized spacial score (nSPS) is 13.6. The monoisotopic (exact) mass is 267 g/mol. The third-order valence-corrected chi connectivity index (χ3v) is 3.61. The van der Waals surface area contributed by atoms with Gasteiger partial charge < -0.3 is 9.88 Å².